The molecule has 1 aromatic heterocycles. The molecule has 2 heterocycles. The summed E-state index contributed by atoms with van der Waals surface area (Å²) in [5.74, 6) is 0.641. The predicted octanol–water partition coefficient (Wildman–Crippen LogP) is 1.36. The number of anilines is 1. The van der Waals surface area contributed by atoms with E-state index in [1.165, 1.54) is 12.8 Å². The van der Waals surface area contributed by atoms with Crippen molar-refractivity contribution in [2.75, 3.05) is 24.6 Å². The molecule has 1 saturated heterocycles. The van der Waals surface area contributed by atoms with Crippen molar-refractivity contribution in [1.82, 2.24) is 15.5 Å². The number of nitrogens with one attached hydrogen (secondary N) is 1. The topological polar surface area (TPSA) is 78.4 Å². The molecule has 1 amide bonds. The van der Waals surface area contributed by atoms with E-state index in [2.05, 4.69) is 20.4 Å². The van der Waals surface area contributed by atoms with E-state index in [1.54, 1.807) is 6.07 Å². The molecule has 1 aromatic rings. The first kappa shape index (κ1) is 15.2. The van der Waals surface area contributed by atoms with E-state index in [9.17, 15) is 9.90 Å². The predicted molar refractivity (Wildman–Crippen MR) is 83.8 cm³/mol. The summed E-state index contributed by atoms with van der Waals surface area (Å²) in [5, 5.41) is 20.8. The zero-order chi connectivity index (χ0) is 15.6. The normalized spacial score (nSPS) is 28.1. The van der Waals surface area contributed by atoms with E-state index in [1.807, 2.05) is 13.0 Å². The molecule has 2 atom stereocenters. The van der Waals surface area contributed by atoms with Crippen molar-refractivity contribution in [3.63, 3.8) is 0 Å². The monoisotopic (exact) mass is 304 g/mol. The van der Waals surface area contributed by atoms with E-state index in [0.29, 0.717) is 5.69 Å². The fourth-order valence-corrected chi connectivity index (χ4v) is 3.46. The molecule has 0 spiro atoms. The van der Waals surface area contributed by atoms with E-state index < -0.39 is 0 Å². The Morgan fingerprint density at radius 2 is 2.14 bits per heavy atom. The molecular formula is C16H24N4O2. The van der Waals surface area contributed by atoms with Gasteiger partial charge in [-0.3, -0.25) is 4.79 Å². The zero-order valence-corrected chi connectivity index (χ0v) is 13.1. The number of rotatable bonds is 4. The first-order chi connectivity index (χ1) is 10.6. The number of aliphatic hydroxyl groups excluding tert-OH is 1. The second-order valence-corrected chi connectivity index (χ2v) is 6.70. The molecule has 6 heteroatoms. The van der Waals surface area contributed by atoms with Gasteiger partial charge in [-0.1, -0.05) is 13.3 Å². The lowest BCUT2D eigenvalue weighted by atomic mass is 9.86. The van der Waals surface area contributed by atoms with Gasteiger partial charge in [0.05, 0.1) is 6.61 Å². The molecule has 2 aliphatic rings. The third-order valence-corrected chi connectivity index (χ3v) is 5.06. The first-order valence-corrected chi connectivity index (χ1v) is 8.13. The lowest BCUT2D eigenvalue weighted by Crippen LogP contribution is -2.45. The van der Waals surface area contributed by atoms with Crippen LogP contribution >= 0.6 is 0 Å². The Morgan fingerprint density at radius 1 is 1.36 bits per heavy atom. The largest absolute Gasteiger partial charge is 0.396 e. The summed E-state index contributed by atoms with van der Waals surface area (Å²) in [4.78, 5) is 14.5. The number of hydrogen-bond donors (Lipinski definition) is 2. The summed E-state index contributed by atoms with van der Waals surface area (Å²) in [5.41, 5.74) is 0.119. The van der Waals surface area contributed by atoms with Gasteiger partial charge in [0.15, 0.2) is 11.5 Å². The van der Waals surface area contributed by atoms with Gasteiger partial charge in [0, 0.05) is 24.5 Å². The van der Waals surface area contributed by atoms with Crippen LogP contribution in [0.4, 0.5) is 5.82 Å². The Hall–Kier alpha value is -1.69. The molecule has 120 valence electrons. The maximum atomic E-state index is 12.3. The van der Waals surface area contributed by atoms with Crippen LogP contribution < -0.4 is 10.2 Å². The van der Waals surface area contributed by atoms with Gasteiger partial charge in [-0.05, 0) is 37.8 Å². The van der Waals surface area contributed by atoms with Crippen molar-refractivity contribution in [3.8, 4) is 0 Å². The molecule has 2 fully saturated rings. The van der Waals surface area contributed by atoms with Crippen molar-refractivity contribution >= 4 is 11.7 Å². The van der Waals surface area contributed by atoms with Crippen LogP contribution in [-0.2, 0) is 0 Å². The summed E-state index contributed by atoms with van der Waals surface area (Å²) in [6.45, 7) is 4.14. The summed E-state index contributed by atoms with van der Waals surface area (Å²) >= 11 is 0. The quantitative estimate of drug-likeness (QED) is 0.878. The summed E-state index contributed by atoms with van der Waals surface area (Å²) in [6.07, 6.45) is 5.24. The Bertz CT molecular complexity index is 527. The molecule has 1 aliphatic carbocycles. The SMILES string of the molecule is C[C@@]1(CO)CCC[C@H]1NC(=O)c1ccc(N2CCCC2)nn1. The number of aromatic nitrogens is 2. The molecule has 1 aliphatic heterocycles. The minimum absolute atomic E-state index is 0.00468. The highest BCUT2D eigenvalue weighted by Gasteiger charge is 2.39. The van der Waals surface area contributed by atoms with Crippen molar-refractivity contribution in [3.05, 3.63) is 17.8 Å². The molecule has 0 bridgehead atoms. The first-order valence-electron chi connectivity index (χ1n) is 8.13. The van der Waals surface area contributed by atoms with Crippen LogP contribution in [0.1, 0.15) is 49.5 Å². The number of hydrogen-bond acceptors (Lipinski definition) is 5. The van der Waals surface area contributed by atoms with Crippen LogP contribution in [0.2, 0.25) is 0 Å². The van der Waals surface area contributed by atoms with Gasteiger partial charge in [0.2, 0.25) is 0 Å². The summed E-state index contributed by atoms with van der Waals surface area (Å²) in [6, 6.07) is 3.61. The highest BCUT2D eigenvalue weighted by molar-refractivity contribution is 5.92. The van der Waals surface area contributed by atoms with Crippen LogP contribution in [0.5, 0.6) is 0 Å². The molecule has 2 N–H and O–H groups in total. The molecule has 3 rings (SSSR count). The Kier molecular flexibility index (Phi) is 4.29. The lowest BCUT2D eigenvalue weighted by molar-refractivity contribution is 0.0825. The second kappa shape index (κ2) is 6.20. The summed E-state index contributed by atoms with van der Waals surface area (Å²) in [7, 11) is 0. The number of aliphatic hydroxyl groups is 1. The second-order valence-electron chi connectivity index (χ2n) is 6.70. The van der Waals surface area contributed by atoms with Gasteiger partial charge in [-0.25, -0.2) is 0 Å². The zero-order valence-electron chi connectivity index (χ0n) is 13.1. The average molecular weight is 304 g/mol. The molecule has 0 unspecified atom stereocenters. The van der Waals surface area contributed by atoms with Gasteiger partial charge in [0.1, 0.15) is 0 Å². The summed E-state index contributed by atoms with van der Waals surface area (Å²) < 4.78 is 0. The van der Waals surface area contributed by atoms with Gasteiger partial charge < -0.3 is 15.3 Å². The van der Waals surface area contributed by atoms with Crippen LogP contribution in [0.25, 0.3) is 0 Å². The molecule has 22 heavy (non-hydrogen) atoms. The number of nitrogens with zero attached hydrogens (tertiary/aromatic N) is 3. The average Bonchev–Trinajstić information content (AvgIpc) is 3.19. The van der Waals surface area contributed by atoms with Crippen molar-refractivity contribution < 1.29 is 9.90 Å². The standard InChI is InChI=1S/C16H24N4O2/c1-16(11-21)8-4-5-13(16)17-15(22)12-6-7-14(19-18-12)20-9-2-3-10-20/h6-7,13,21H,2-5,8-11H2,1H3,(H,17,22)/t13-,16+/m1/s1. The third kappa shape index (κ3) is 2.92. The van der Waals surface area contributed by atoms with Crippen molar-refractivity contribution in [1.29, 1.82) is 0 Å². The van der Waals surface area contributed by atoms with Gasteiger partial charge >= 0.3 is 0 Å². The van der Waals surface area contributed by atoms with Gasteiger partial charge in [-0.15, -0.1) is 10.2 Å². The van der Waals surface area contributed by atoms with Crippen LogP contribution in [-0.4, -0.2) is 46.9 Å². The molecule has 1 saturated carbocycles. The Morgan fingerprint density at radius 3 is 2.77 bits per heavy atom. The van der Waals surface area contributed by atoms with E-state index >= 15 is 0 Å². The van der Waals surface area contributed by atoms with Gasteiger partial charge in [-0.2, -0.15) is 0 Å². The van der Waals surface area contributed by atoms with Gasteiger partial charge in [0.25, 0.3) is 5.91 Å². The minimum atomic E-state index is -0.224. The molecule has 0 radical (unpaired) electrons. The maximum absolute atomic E-state index is 12.3. The number of carbonyl (C=O) groups is 1. The fourth-order valence-electron chi connectivity index (χ4n) is 3.46. The molecular weight excluding hydrogens is 280 g/mol. The molecule has 0 aromatic carbocycles. The van der Waals surface area contributed by atoms with Crippen molar-refractivity contribution in [2.24, 2.45) is 5.41 Å². The van der Waals surface area contributed by atoms with Crippen LogP contribution in [0.15, 0.2) is 12.1 Å². The van der Waals surface area contributed by atoms with E-state index in [-0.39, 0.29) is 24.0 Å². The fraction of sp³-hybridized carbons (Fsp3) is 0.688. The van der Waals surface area contributed by atoms with Crippen molar-refractivity contribution in [2.45, 2.75) is 45.1 Å². The smallest absolute Gasteiger partial charge is 0.272 e. The highest BCUT2D eigenvalue weighted by atomic mass is 16.3. The number of carbonyl (C=O) groups excluding carboxylic acids is 1. The lowest BCUT2D eigenvalue weighted by Gasteiger charge is -2.29. The third-order valence-electron chi connectivity index (χ3n) is 5.06. The van der Waals surface area contributed by atoms with Crippen LogP contribution in [0.3, 0.4) is 0 Å². The van der Waals surface area contributed by atoms with E-state index in [0.717, 1.165) is 38.2 Å². The maximum Gasteiger partial charge on any atom is 0.272 e. The Labute approximate surface area is 130 Å². The molecule has 6 nitrogen and oxygen atoms in total. The number of amides is 1. The van der Waals surface area contributed by atoms with E-state index in [4.69, 9.17) is 0 Å². The van der Waals surface area contributed by atoms with Crippen LogP contribution in [0, 0.1) is 5.41 Å². The highest BCUT2D eigenvalue weighted by Crippen LogP contribution is 2.37. The minimum Gasteiger partial charge on any atom is -0.396 e. The Balaban J connectivity index is 1.65.